The van der Waals surface area contributed by atoms with E-state index >= 15 is 0 Å². The molecule has 0 aromatic heterocycles. The third kappa shape index (κ3) is 4.09. The Kier molecular flexibility index (Phi) is 6.18. The zero-order chi connectivity index (χ0) is 11.4. The SMILES string of the molecule is Cl.O=C1[C@H](S)CCN1CC#CCN1CCCC1. The fraction of sp³-hybridized carbons (Fsp3) is 0.750. The minimum atomic E-state index is -0.0969. The van der Waals surface area contributed by atoms with Crippen LogP contribution in [0.2, 0.25) is 0 Å². The van der Waals surface area contributed by atoms with E-state index in [1.807, 2.05) is 0 Å². The van der Waals surface area contributed by atoms with Crippen molar-refractivity contribution >= 4 is 30.9 Å². The molecular formula is C12H19ClN2OS. The van der Waals surface area contributed by atoms with Crippen LogP contribution >= 0.6 is 25.0 Å². The summed E-state index contributed by atoms with van der Waals surface area (Å²) in [5, 5.41) is -0.0969. The molecule has 0 bridgehead atoms. The molecule has 0 radical (unpaired) electrons. The fourth-order valence-electron chi connectivity index (χ4n) is 2.14. The van der Waals surface area contributed by atoms with Crippen molar-refractivity contribution in [1.29, 1.82) is 0 Å². The molecule has 2 aliphatic rings. The van der Waals surface area contributed by atoms with E-state index in [2.05, 4.69) is 29.4 Å². The van der Waals surface area contributed by atoms with Gasteiger partial charge in [0.15, 0.2) is 0 Å². The first-order valence-electron chi connectivity index (χ1n) is 5.92. The third-order valence-electron chi connectivity index (χ3n) is 3.17. The molecule has 5 heteroatoms. The topological polar surface area (TPSA) is 23.6 Å². The average molecular weight is 275 g/mol. The third-order valence-corrected chi connectivity index (χ3v) is 3.64. The number of hydrogen-bond donors (Lipinski definition) is 1. The maximum absolute atomic E-state index is 11.5. The van der Waals surface area contributed by atoms with Crippen LogP contribution in [0.4, 0.5) is 0 Å². The molecule has 96 valence electrons. The van der Waals surface area contributed by atoms with Gasteiger partial charge in [-0.2, -0.15) is 12.6 Å². The van der Waals surface area contributed by atoms with Gasteiger partial charge in [-0.3, -0.25) is 9.69 Å². The maximum Gasteiger partial charge on any atom is 0.236 e. The average Bonchev–Trinajstić information content (AvgIpc) is 2.88. The van der Waals surface area contributed by atoms with Crippen LogP contribution in [0.25, 0.3) is 0 Å². The first-order chi connectivity index (χ1) is 7.77. The number of rotatable bonds is 2. The minimum absolute atomic E-state index is 0. The summed E-state index contributed by atoms with van der Waals surface area (Å²) < 4.78 is 0. The van der Waals surface area contributed by atoms with E-state index in [1.165, 1.54) is 25.9 Å². The molecule has 2 rings (SSSR count). The van der Waals surface area contributed by atoms with Gasteiger partial charge in [-0.25, -0.2) is 0 Å². The highest BCUT2D eigenvalue weighted by Crippen LogP contribution is 2.15. The number of halogens is 1. The summed E-state index contributed by atoms with van der Waals surface area (Å²) in [7, 11) is 0. The lowest BCUT2D eigenvalue weighted by molar-refractivity contribution is -0.126. The van der Waals surface area contributed by atoms with Crippen LogP contribution in [0.15, 0.2) is 0 Å². The van der Waals surface area contributed by atoms with Gasteiger partial charge < -0.3 is 4.90 Å². The van der Waals surface area contributed by atoms with Gasteiger partial charge >= 0.3 is 0 Å². The van der Waals surface area contributed by atoms with Crippen molar-refractivity contribution < 1.29 is 4.79 Å². The molecule has 2 heterocycles. The lowest BCUT2D eigenvalue weighted by atomic mass is 10.4. The molecule has 0 N–H and O–H groups in total. The number of thiol groups is 1. The predicted molar refractivity (Wildman–Crippen MR) is 74.7 cm³/mol. The highest BCUT2D eigenvalue weighted by Gasteiger charge is 2.27. The highest BCUT2D eigenvalue weighted by atomic mass is 35.5. The summed E-state index contributed by atoms with van der Waals surface area (Å²) >= 11 is 4.22. The lowest BCUT2D eigenvalue weighted by Crippen LogP contribution is -2.28. The Hall–Kier alpha value is -0.370. The van der Waals surface area contributed by atoms with E-state index in [1.54, 1.807) is 4.90 Å². The number of amides is 1. The molecule has 0 saturated carbocycles. The van der Waals surface area contributed by atoms with Crippen LogP contribution in [0, 0.1) is 11.8 Å². The van der Waals surface area contributed by atoms with Gasteiger partial charge in [-0.15, -0.1) is 12.4 Å². The maximum atomic E-state index is 11.5. The zero-order valence-electron chi connectivity index (χ0n) is 9.89. The molecule has 2 aliphatic heterocycles. The van der Waals surface area contributed by atoms with Crippen LogP contribution in [-0.4, -0.2) is 53.7 Å². The number of carbonyl (C=O) groups excluding carboxylic acids is 1. The molecule has 1 amide bonds. The van der Waals surface area contributed by atoms with Crippen LogP contribution in [-0.2, 0) is 4.79 Å². The van der Waals surface area contributed by atoms with Gasteiger partial charge in [0.25, 0.3) is 0 Å². The normalized spacial score (nSPS) is 24.4. The lowest BCUT2D eigenvalue weighted by Gasteiger charge is -2.12. The molecule has 2 saturated heterocycles. The molecule has 3 nitrogen and oxygen atoms in total. The van der Waals surface area contributed by atoms with E-state index in [4.69, 9.17) is 0 Å². The Labute approximate surface area is 115 Å². The molecule has 1 atom stereocenters. The van der Waals surface area contributed by atoms with Crippen LogP contribution < -0.4 is 0 Å². The fourth-order valence-corrected chi connectivity index (χ4v) is 2.42. The summed E-state index contributed by atoms with van der Waals surface area (Å²) in [6.07, 6.45) is 3.46. The molecule has 0 aliphatic carbocycles. The first kappa shape index (κ1) is 14.7. The van der Waals surface area contributed by atoms with Crippen molar-refractivity contribution in [2.45, 2.75) is 24.5 Å². The number of hydrogen-bond acceptors (Lipinski definition) is 3. The van der Waals surface area contributed by atoms with Crippen LogP contribution in [0.5, 0.6) is 0 Å². The molecule has 0 aromatic carbocycles. The van der Waals surface area contributed by atoms with Crippen molar-refractivity contribution in [3.8, 4) is 11.8 Å². The van der Waals surface area contributed by atoms with Gasteiger partial charge in [0.1, 0.15) is 0 Å². The van der Waals surface area contributed by atoms with E-state index in [0.717, 1.165) is 19.5 Å². The van der Waals surface area contributed by atoms with Gasteiger partial charge in [0.2, 0.25) is 5.91 Å². The van der Waals surface area contributed by atoms with E-state index < -0.39 is 0 Å². The number of carbonyl (C=O) groups is 1. The minimum Gasteiger partial charge on any atom is -0.331 e. The Morgan fingerprint density at radius 1 is 1.18 bits per heavy atom. The van der Waals surface area contributed by atoms with Crippen molar-refractivity contribution in [1.82, 2.24) is 9.80 Å². The Balaban J connectivity index is 0.00000144. The largest absolute Gasteiger partial charge is 0.331 e. The second kappa shape index (κ2) is 7.15. The molecule has 0 spiro atoms. The van der Waals surface area contributed by atoms with E-state index in [-0.39, 0.29) is 23.6 Å². The Morgan fingerprint density at radius 3 is 2.41 bits per heavy atom. The number of likely N-dealkylation sites (tertiary alicyclic amines) is 2. The van der Waals surface area contributed by atoms with Gasteiger partial charge in [-0.05, 0) is 32.4 Å². The number of nitrogens with zero attached hydrogens (tertiary/aromatic N) is 2. The van der Waals surface area contributed by atoms with E-state index in [9.17, 15) is 4.79 Å². The molecule has 17 heavy (non-hydrogen) atoms. The van der Waals surface area contributed by atoms with Gasteiger partial charge in [-0.1, -0.05) is 11.8 Å². The Bertz CT molecular complexity index is 320. The summed E-state index contributed by atoms with van der Waals surface area (Å²) in [6, 6.07) is 0. The second-order valence-electron chi connectivity index (χ2n) is 4.40. The highest BCUT2D eigenvalue weighted by molar-refractivity contribution is 7.81. The second-order valence-corrected chi connectivity index (χ2v) is 5.02. The van der Waals surface area contributed by atoms with Crippen molar-refractivity contribution in [3.05, 3.63) is 0 Å². The zero-order valence-corrected chi connectivity index (χ0v) is 11.6. The molecule has 0 aromatic rings. The molecule has 0 unspecified atom stereocenters. The molecular weight excluding hydrogens is 256 g/mol. The van der Waals surface area contributed by atoms with Crippen molar-refractivity contribution in [3.63, 3.8) is 0 Å². The van der Waals surface area contributed by atoms with Crippen LogP contribution in [0.1, 0.15) is 19.3 Å². The first-order valence-corrected chi connectivity index (χ1v) is 6.44. The monoisotopic (exact) mass is 274 g/mol. The van der Waals surface area contributed by atoms with E-state index in [0.29, 0.717) is 6.54 Å². The summed E-state index contributed by atoms with van der Waals surface area (Å²) in [5.41, 5.74) is 0. The smallest absolute Gasteiger partial charge is 0.236 e. The quantitative estimate of drug-likeness (QED) is 0.601. The van der Waals surface area contributed by atoms with Crippen molar-refractivity contribution in [2.24, 2.45) is 0 Å². The summed E-state index contributed by atoms with van der Waals surface area (Å²) in [6.45, 7) is 4.59. The standard InChI is InChI=1S/C12H18N2OS.ClH/c15-12-11(16)5-10-14(12)9-4-3-8-13-6-1-2-7-13;/h11,16H,1-2,5-10H2;1H/t11-;/m1./s1. The predicted octanol–water partition coefficient (Wildman–Crippen LogP) is 1.04. The van der Waals surface area contributed by atoms with Crippen LogP contribution in [0.3, 0.4) is 0 Å². The summed E-state index contributed by atoms with van der Waals surface area (Å²) in [4.78, 5) is 15.7. The van der Waals surface area contributed by atoms with Gasteiger partial charge in [0, 0.05) is 6.54 Å². The Morgan fingerprint density at radius 2 is 1.82 bits per heavy atom. The van der Waals surface area contributed by atoms with Crippen molar-refractivity contribution in [2.75, 3.05) is 32.7 Å². The van der Waals surface area contributed by atoms with Gasteiger partial charge in [0.05, 0.1) is 18.3 Å². The molecule has 2 fully saturated rings. The summed E-state index contributed by atoms with van der Waals surface area (Å²) in [5.74, 6) is 6.37.